The van der Waals surface area contributed by atoms with Crippen LogP contribution in [-0.4, -0.2) is 25.2 Å². The maximum Gasteiger partial charge on any atom is 0.323 e. The van der Waals surface area contributed by atoms with Gasteiger partial charge in [-0.3, -0.25) is 4.79 Å². The van der Waals surface area contributed by atoms with E-state index < -0.39 is 0 Å². The Bertz CT molecular complexity index is 436. The molecule has 1 aromatic carbocycles. The molecule has 3 nitrogen and oxygen atoms in total. The summed E-state index contributed by atoms with van der Waals surface area (Å²) in [6.45, 7) is 4.12. The lowest BCUT2D eigenvalue weighted by molar-refractivity contribution is -0.144. The summed E-state index contributed by atoms with van der Waals surface area (Å²) in [7, 11) is 1.46. The molecule has 21 heavy (non-hydrogen) atoms. The van der Waals surface area contributed by atoms with Gasteiger partial charge in [-0.1, -0.05) is 44.2 Å². The molecule has 1 N–H and O–H groups in total. The highest BCUT2D eigenvalue weighted by Gasteiger charge is 2.28. The normalized spacial score (nSPS) is 23.8. The van der Waals surface area contributed by atoms with Crippen molar-refractivity contribution >= 4 is 5.97 Å². The predicted molar refractivity (Wildman–Crippen MR) is 85.2 cm³/mol. The topological polar surface area (TPSA) is 38.3 Å². The zero-order valence-electron chi connectivity index (χ0n) is 13.3. The largest absolute Gasteiger partial charge is 0.468 e. The number of hydrogen-bond donors (Lipinski definition) is 1. The van der Waals surface area contributed by atoms with Crippen LogP contribution < -0.4 is 5.32 Å². The lowest BCUT2D eigenvalue weighted by atomic mass is 9.81. The quantitative estimate of drug-likeness (QED) is 0.843. The van der Waals surface area contributed by atoms with E-state index >= 15 is 0 Å². The molecule has 116 valence electrons. The van der Waals surface area contributed by atoms with Gasteiger partial charge >= 0.3 is 5.97 Å². The van der Waals surface area contributed by atoms with Gasteiger partial charge in [0.05, 0.1) is 7.11 Å². The summed E-state index contributed by atoms with van der Waals surface area (Å²) in [5, 5.41) is 3.50. The summed E-state index contributed by atoms with van der Waals surface area (Å²) >= 11 is 0. The van der Waals surface area contributed by atoms with Gasteiger partial charge in [-0.2, -0.15) is 0 Å². The second kappa shape index (κ2) is 7.60. The monoisotopic (exact) mass is 289 g/mol. The first kappa shape index (κ1) is 16.0. The van der Waals surface area contributed by atoms with Gasteiger partial charge in [0.1, 0.15) is 6.04 Å². The van der Waals surface area contributed by atoms with Crippen molar-refractivity contribution in [1.29, 1.82) is 0 Å². The third-order valence-electron chi connectivity index (χ3n) is 4.54. The highest BCUT2D eigenvalue weighted by molar-refractivity contribution is 5.75. The third-order valence-corrected chi connectivity index (χ3v) is 4.54. The number of ether oxygens (including phenoxy) is 1. The predicted octanol–water partition coefficient (Wildman–Crippen LogP) is 3.50. The molecule has 0 aliphatic heterocycles. The van der Waals surface area contributed by atoms with E-state index in [-0.39, 0.29) is 17.9 Å². The number of carbonyl (C=O) groups excluding carboxylic acids is 1. The maximum atomic E-state index is 11.8. The molecule has 0 heterocycles. The van der Waals surface area contributed by atoms with E-state index in [1.54, 1.807) is 0 Å². The number of rotatable bonds is 5. The van der Waals surface area contributed by atoms with Crippen LogP contribution in [0.2, 0.25) is 0 Å². The van der Waals surface area contributed by atoms with Gasteiger partial charge in [0.15, 0.2) is 0 Å². The highest BCUT2D eigenvalue weighted by atomic mass is 16.5. The molecule has 1 aliphatic rings. The van der Waals surface area contributed by atoms with Gasteiger partial charge in [-0.25, -0.2) is 0 Å². The minimum Gasteiger partial charge on any atom is -0.468 e. The summed E-state index contributed by atoms with van der Waals surface area (Å²) in [6.07, 6.45) is 4.63. The fourth-order valence-electron chi connectivity index (χ4n) is 3.23. The molecule has 0 spiro atoms. The fraction of sp³-hybridized carbons (Fsp3) is 0.611. The van der Waals surface area contributed by atoms with Crippen molar-refractivity contribution in [3.63, 3.8) is 0 Å². The Hall–Kier alpha value is -1.35. The minimum absolute atomic E-state index is 0.143. The molecule has 0 bridgehead atoms. The Morgan fingerprint density at radius 2 is 1.76 bits per heavy atom. The number of carbonyl (C=O) groups is 1. The average molecular weight is 289 g/mol. The molecule has 1 atom stereocenters. The van der Waals surface area contributed by atoms with Gasteiger partial charge in [-0.05, 0) is 43.1 Å². The molecule has 1 aromatic rings. The molecule has 0 amide bonds. The first-order valence-corrected chi connectivity index (χ1v) is 8.00. The molecular formula is C18H27NO2. The lowest BCUT2D eigenvalue weighted by Crippen LogP contribution is -2.48. The van der Waals surface area contributed by atoms with Crippen molar-refractivity contribution < 1.29 is 9.53 Å². The van der Waals surface area contributed by atoms with Crippen LogP contribution in [0.3, 0.4) is 0 Å². The minimum atomic E-state index is -0.187. The Balaban J connectivity index is 1.87. The molecular weight excluding hydrogens is 262 g/mol. The summed E-state index contributed by atoms with van der Waals surface area (Å²) < 4.78 is 4.90. The van der Waals surface area contributed by atoms with Gasteiger partial charge in [0.2, 0.25) is 0 Å². The van der Waals surface area contributed by atoms with Crippen molar-refractivity contribution in [3.05, 3.63) is 35.9 Å². The van der Waals surface area contributed by atoms with Crippen LogP contribution in [0.1, 0.15) is 51.0 Å². The zero-order chi connectivity index (χ0) is 15.2. The number of esters is 1. The molecule has 1 aliphatic carbocycles. The summed E-state index contributed by atoms with van der Waals surface area (Å²) in [5.41, 5.74) is 1.45. The molecule has 2 rings (SSSR count). The third kappa shape index (κ3) is 4.31. The van der Waals surface area contributed by atoms with Crippen LogP contribution in [0.25, 0.3) is 0 Å². The second-order valence-corrected chi connectivity index (χ2v) is 6.37. The van der Waals surface area contributed by atoms with E-state index in [9.17, 15) is 4.79 Å². The number of benzene rings is 1. The van der Waals surface area contributed by atoms with Gasteiger partial charge in [0.25, 0.3) is 0 Å². The van der Waals surface area contributed by atoms with E-state index in [2.05, 4.69) is 49.5 Å². The molecule has 0 radical (unpaired) electrons. The summed E-state index contributed by atoms with van der Waals surface area (Å²) in [4.78, 5) is 11.8. The number of hydrogen-bond acceptors (Lipinski definition) is 3. The van der Waals surface area contributed by atoms with Crippen molar-refractivity contribution in [2.45, 2.75) is 57.5 Å². The Kier molecular flexibility index (Phi) is 5.80. The van der Waals surface area contributed by atoms with E-state index in [4.69, 9.17) is 4.74 Å². The van der Waals surface area contributed by atoms with Crippen molar-refractivity contribution in [2.75, 3.05) is 7.11 Å². The van der Waals surface area contributed by atoms with Crippen molar-refractivity contribution in [2.24, 2.45) is 5.92 Å². The van der Waals surface area contributed by atoms with Gasteiger partial charge in [0, 0.05) is 6.04 Å². The zero-order valence-corrected chi connectivity index (χ0v) is 13.3. The molecule has 0 saturated heterocycles. The first-order valence-electron chi connectivity index (χ1n) is 8.00. The maximum absolute atomic E-state index is 11.8. The van der Waals surface area contributed by atoms with Gasteiger partial charge < -0.3 is 10.1 Å². The number of nitrogens with one attached hydrogen (secondary N) is 1. The van der Waals surface area contributed by atoms with Crippen LogP contribution in [0.5, 0.6) is 0 Å². The Morgan fingerprint density at radius 3 is 2.29 bits per heavy atom. The summed E-state index contributed by atoms with van der Waals surface area (Å²) in [6, 6.07) is 11.0. The van der Waals surface area contributed by atoms with Crippen molar-refractivity contribution in [1.82, 2.24) is 5.32 Å². The lowest BCUT2D eigenvalue weighted by Gasteiger charge is -2.32. The van der Waals surface area contributed by atoms with Crippen LogP contribution >= 0.6 is 0 Å². The van der Waals surface area contributed by atoms with Crippen LogP contribution in [0.15, 0.2) is 30.3 Å². The van der Waals surface area contributed by atoms with E-state index in [1.165, 1.54) is 25.5 Å². The highest BCUT2D eigenvalue weighted by Crippen LogP contribution is 2.33. The number of methoxy groups -OCH3 is 1. The van der Waals surface area contributed by atoms with E-state index in [1.807, 2.05) is 0 Å². The SMILES string of the molecule is COC(=O)[C@@H](NC1CCC(c2ccccc2)CC1)C(C)C. The van der Waals surface area contributed by atoms with Crippen molar-refractivity contribution in [3.8, 4) is 0 Å². The van der Waals surface area contributed by atoms with E-state index in [0.29, 0.717) is 12.0 Å². The van der Waals surface area contributed by atoms with Crippen LogP contribution in [0, 0.1) is 5.92 Å². The Morgan fingerprint density at radius 1 is 1.14 bits per heavy atom. The smallest absolute Gasteiger partial charge is 0.323 e. The molecule has 1 fully saturated rings. The van der Waals surface area contributed by atoms with E-state index in [0.717, 1.165) is 12.8 Å². The van der Waals surface area contributed by atoms with Crippen LogP contribution in [-0.2, 0) is 9.53 Å². The standard InChI is InChI=1S/C18H27NO2/c1-13(2)17(18(20)21-3)19-16-11-9-15(10-12-16)14-7-5-4-6-8-14/h4-8,13,15-17,19H,9-12H2,1-3H3/t15?,16?,17-/m0/s1. The first-order chi connectivity index (χ1) is 10.1. The Labute approximate surface area is 128 Å². The van der Waals surface area contributed by atoms with Gasteiger partial charge in [-0.15, -0.1) is 0 Å². The average Bonchev–Trinajstić information content (AvgIpc) is 2.53. The molecule has 3 heteroatoms. The molecule has 1 saturated carbocycles. The fourth-order valence-corrected chi connectivity index (χ4v) is 3.23. The van der Waals surface area contributed by atoms with Crippen LogP contribution in [0.4, 0.5) is 0 Å². The molecule has 0 aromatic heterocycles. The summed E-state index contributed by atoms with van der Waals surface area (Å²) in [5.74, 6) is 0.777. The molecule has 0 unspecified atom stereocenters. The second-order valence-electron chi connectivity index (χ2n) is 6.37.